The van der Waals surface area contributed by atoms with Crippen LogP contribution in [0.15, 0.2) is 33.3 Å². The lowest BCUT2D eigenvalue weighted by molar-refractivity contribution is -0.388. The number of hydrogen-bond donors (Lipinski definition) is 0. The van der Waals surface area contributed by atoms with E-state index in [1.165, 1.54) is 29.7 Å². The second-order valence-electron chi connectivity index (χ2n) is 6.80. The van der Waals surface area contributed by atoms with Gasteiger partial charge in [0.25, 0.3) is 5.56 Å². The predicted octanol–water partition coefficient (Wildman–Crippen LogP) is 3.96. The van der Waals surface area contributed by atoms with Gasteiger partial charge in [-0.1, -0.05) is 6.92 Å². The zero-order valence-electron chi connectivity index (χ0n) is 16.1. The third-order valence-corrected chi connectivity index (χ3v) is 7.02. The highest BCUT2D eigenvalue weighted by Crippen LogP contribution is 2.34. The Morgan fingerprint density at radius 1 is 1.48 bits per heavy atom. The maximum atomic E-state index is 13.4. The molecule has 0 N–H and O–H groups in total. The Balaban J connectivity index is 1.87. The molecule has 152 valence electrons. The first kappa shape index (κ1) is 20.0. The second-order valence-corrected chi connectivity index (χ2v) is 8.96. The summed E-state index contributed by atoms with van der Waals surface area (Å²) in [4.78, 5) is 35.0. The molecule has 0 spiro atoms. The number of aryl methyl sites for hydroxylation is 2. The summed E-state index contributed by atoms with van der Waals surface area (Å²) in [6.45, 7) is 5.08. The fraction of sp³-hybridized carbons (Fsp3) is 0.421. The molecule has 1 fully saturated rings. The molecule has 0 saturated carbocycles. The topological polar surface area (TPSA) is 100 Å². The van der Waals surface area contributed by atoms with Gasteiger partial charge < -0.3 is 4.74 Å². The van der Waals surface area contributed by atoms with E-state index < -0.39 is 4.92 Å². The van der Waals surface area contributed by atoms with Crippen molar-refractivity contribution in [3.8, 4) is 0 Å². The van der Waals surface area contributed by atoms with E-state index in [1.54, 1.807) is 4.57 Å². The Bertz CT molecular complexity index is 1140. The number of rotatable bonds is 6. The van der Waals surface area contributed by atoms with Crippen molar-refractivity contribution in [2.75, 3.05) is 6.61 Å². The standard InChI is InChI=1S/C19H20N4O4S2/c1-3-13-11(2)28-17-15(13)18(24)22(10-12-6-5-9-27-12)19(21-17)29-16-14(23(25)26)7-4-8-20-16/h4,7-8,12H,3,5-6,9-10H2,1-2H3/t12-/m0/s1. The maximum Gasteiger partial charge on any atom is 0.301 e. The summed E-state index contributed by atoms with van der Waals surface area (Å²) >= 11 is 2.54. The molecule has 0 radical (unpaired) electrons. The van der Waals surface area contributed by atoms with E-state index in [0.29, 0.717) is 28.5 Å². The first-order chi connectivity index (χ1) is 14.0. The predicted molar refractivity (Wildman–Crippen MR) is 112 cm³/mol. The van der Waals surface area contributed by atoms with Crippen LogP contribution in [0, 0.1) is 17.0 Å². The van der Waals surface area contributed by atoms with Crippen LogP contribution in [0.4, 0.5) is 5.69 Å². The van der Waals surface area contributed by atoms with Gasteiger partial charge in [0.15, 0.2) is 10.2 Å². The SMILES string of the molecule is CCc1c(C)sc2nc(Sc3ncccc3[N+](=O)[O-])n(C[C@@H]3CCCO3)c(=O)c12. The molecule has 0 amide bonds. The number of thiophene rings is 1. The number of aromatic nitrogens is 3. The van der Waals surface area contributed by atoms with Gasteiger partial charge in [0.2, 0.25) is 0 Å². The summed E-state index contributed by atoms with van der Waals surface area (Å²) < 4.78 is 7.34. The molecule has 1 aliphatic rings. The van der Waals surface area contributed by atoms with E-state index in [-0.39, 0.29) is 22.4 Å². The van der Waals surface area contributed by atoms with Gasteiger partial charge in [-0.25, -0.2) is 9.97 Å². The van der Waals surface area contributed by atoms with Gasteiger partial charge in [0.1, 0.15) is 4.83 Å². The molecule has 0 aromatic carbocycles. The first-order valence-corrected chi connectivity index (χ1v) is 11.0. The summed E-state index contributed by atoms with van der Waals surface area (Å²) in [5.41, 5.74) is 0.795. The average molecular weight is 433 g/mol. The molecule has 10 heteroatoms. The van der Waals surface area contributed by atoms with Gasteiger partial charge in [-0.3, -0.25) is 19.5 Å². The van der Waals surface area contributed by atoms with E-state index in [4.69, 9.17) is 9.72 Å². The van der Waals surface area contributed by atoms with Crippen LogP contribution in [0.2, 0.25) is 0 Å². The number of ether oxygens (including phenoxy) is 1. The van der Waals surface area contributed by atoms with Gasteiger partial charge in [-0.15, -0.1) is 11.3 Å². The molecule has 1 saturated heterocycles. The smallest absolute Gasteiger partial charge is 0.301 e. The van der Waals surface area contributed by atoms with Gasteiger partial charge in [-0.2, -0.15) is 0 Å². The van der Waals surface area contributed by atoms with Crippen molar-refractivity contribution >= 4 is 39.0 Å². The van der Waals surface area contributed by atoms with E-state index in [0.717, 1.165) is 41.5 Å². The quantitative estimate of drug-likeness (QED) is 0.330. The van der Waals surface area contributed by atoms with Crippen molar-refractivity contribution in [2.45, 2.75) is 55.9 Å². The lowest BCUT2D eigenvalue weighted by Crippen LogP contribution is -2.29. The molecular weight excluding hydrogens is 412 g/mol. The summed E-state index contributed by atoms with van der Waals surface area (Å²) in [6.07, 6.45) is 4.03. The maximum absolute atomic E-state index is 13.4. The second kappa shape index (κ2) is 8.21. The molecule has 4 rings (SSSR count). The number of nitrogens with zero attached hydrogens (tertiary/aromatic N) is 4. The molecule has 29 heavy (non-hydrogen) atoms. The van der Waals surface area contributed by atoms with Gasteiger partial charge in [0, 0.05) is 23.7 Å². The average Bonchev–Trinajstić information content (AvgIpc) is 3.32. The molecule has 3 aromatic heterocycles. The number of fused-ring (bicyclic) bond motifs is 1. The van der Waals surface area contributed by atoms with Crippen LogP contribution in [0.3, 0.4) is 0 Å². The molecule has 1 atom stereocenters. The largest absolute Gasteiger partial charge is 0.376 e. The Labute approximate surface area is 175 Å². The molecule has 0 unspecified atom stereocenters. The summed E-state index contributed by atoms with van der Waals surface area (Å²) in [5, 5.41) is 12.7. The normalized spacial score (nSPS) is 16.6. The highest BCUT2D eigenvalue weighted by molar-refractivity contribution is 7.99. The van der Waals surface area contributed by atoms with E-state index in [1.807, 2.05) is 13.8 Å². The Morgan fingerprint density at radius 3 is 3.00 bits per heavy atom. The van der Waals surface area contributed by atoms with Gasteiger partial charge in [0.05, 0.1) is 23.0 Å². The molecule has 1 aliphatic heterocycles. The highest BCUT2D eigenvalue weighted by Gasteiger charge is 2.25. The van der Waals surface area contributed by atoms with E-state index >= 15 is 0 Å². The minimum absolute atomic E-state index is 0.0603. The minimum Gasteiger partial charge on any atom is -0.376 e. The van der Waals surface area contributed by atoms with Crippen LogP contribution in [0.5, 0.6) is 0 Å². The molecule has 8 nitrogen and oxygen atoms in total. The van der Waals surface area contributed by atoms with Crippen LogP contribution in [-0.2, 0) is 17.7 Å². The van der Waals surface area contributed by atoms with Gasteiger partial charge >= 0.3 is 5.69 Å². The number of pyridine rings is 1. The fourth-order valence-electron chi connectivity index (χ4n) is 3.57. The highest BCUT2D eigenvalue weighted by atomic mass is 32.2. The number of nitro groups is 1. The molecule has 0 bridgehead atoms. The fourth-order valence-corrected chi connectivity index (χ4v) is 5.67. The van der Waals surface area contributed by atoms with E-state index in [2.05, 4.69) is 4.98 Å². The van der Waals surface area contributed by atoms with Crippen molar-refractivity contribution in [3.63, 3.8) is 0 Å². The Hall–Kier alpha value is -2.30. The van der Waals surface area contributed by atoms with Crippen molar-refractivity contribution in [1.82, 2.24) is 14.5 Å². The number of hydrogen-bond acceptors (Lipinski definition) is 8. The minimum atomic E-state index is -0.471. The third-order valence-electron chi connectivity index (χ3n) is 4.98. The van der Waals surface area contributed by atoms with Crippen molar-refractivity contribution in [3.05, 3.63) is 49.2 Å². The lowest BCUT2D eigenvalue weighted by atomic mass is 10.1. The van der Waals surface area contributed by atoms with Crippen molar-refractivity contribution < 1.29 is 9.66 Å². The van der Waals surface area contributed by atoms with Gasteiger partial charge in [-0.05, 0) is 49.6 Å². The summed E-state index contributed by atoms with van der Waals surface area (Å²) in [6, 6.07) is 2.93. The zero-order chi connectivity index (χ0) is 20.5. The van der Waals surface area contributed by atoms with Crippen LogP contribution in [0.1, 0.15) is 30.2 Å². The van der Waals surface area contributed by atoms with Crippen LogP contribution in [-0.4, -0.2) is 32.2 Å². The molecule has 3 aromatic rings. The van der Waals surface area contributed by atoms with Crippen molar-refractivity contribution in [1.29, 1.82) is 0 Å². The molecular formula is C19H20N4O4S2. The van der Waals surface area contributed by atoms with Crippen LogP contribution < -0.4 is 5.56 Å². The van der Waals surface area contributed by atoms with Crippen molar-refractivity contribution in [2.24, 2.45) is 0 Å². The van der Waals surface area contributed by atoms with E-state index in [9.17, 15) is 14.9 Å². The summed E-state index contributed by atoms with van der Waals surface area (Å²) in [5.74, 6) is 0. The summed E-state index contributed by atoms with van der Waals surface area (Å²) in [7, 11) is 0. The first-order valence-electron chi connectivity index (χ1n) is 9.41. The third kappa shape index (κ3) is 3.79. The zero-order valence-corrected chi connectivity index (χ0v) is 17.7. The van der Waals surface area contributed by atoms with Crippen LogP contribution >= 0.6 is 23.1 Å². The lowest BCUT2D eigenvalue weighted by Gasteiger charge is -2.15. The monoisotopic (exact) mass is 432 g/mol. The Kier molecular flexibility index (Phi) is 5.66. The van der Waals surface area contributed by atoms with Crippen LogP contribution in [0.25, 0.3) is 10.2 Å². The Morgan fingerprint density at radius 2 is 2.31 bits per heavy atom. The molecule has 4 heterocycles. The molecule has 0 aliphatic carbocycles.